The number of rotatable bonds is 10. The molecule has 1 aliphatic carbocycles. The van der Waals surface area contributed by atoms with Gasteiger partial charge in [-0.15, -0.1) is 11.3 Å². The third-order valence-corrected chi connectivity index (χ3v) is 6.96. The average molecular weight is 482 g/mol. The van der Waals surface area contributed by atoms with Gasteiger partial charge in [-0.3, -0.25) is 14.7 Å². The summed E-state index contributed by atoms with van der Waals surface area (Å²) in [5, 5.41) is 9.95. The van der Waals surface area contributed by atoms with Crippen molar-refractivity contribution in [1.29, 1.82) is 0 Å². The molecule has 9 nitrogen and oxygen atoms in total. The SMILES string of the molecule is CN(C)CCCCC(=O)Cc1csc(CC(=O)c2[nH]nc3c2C(C)(C)Cc2cnc(N)nc2-3)n1. The summed E-state index contributed by atoms with van der Waals surface area (Å²) in [5.41, 5.74) is 9.86. The van der Waals surface area contributed by atoms with Gasteiger partial charge in [0, 0.05) is 30.0 Å². The lowest BCUT2D eigenvalue weighted by Gasteiger charge is -2.30. The minimum absolute atomic E-state index is 0.0804. The Morgan fingerprint density at radius 2 is 1.97 bits per heavy atom. The maximum Gasteiger partial charge on any atom is 0.220 e. The monoisotopic (exact) mass is 481 g/mol. The van der Waals surface area contributed by atoms with E-state index in [2.05, 4.69) is 43.9 Å². The molecule has 10 heteroatoms. The summed E-state index contributed by atoms with van der Waals surface area (Å²) in [5.74, 6) is 0.289. The molecule has 0 fully saturated rings. The third kappa shape index (κ3) is 5.23. The number of nitrogens with zero attached hydrogens (tertiary/aromatic N) is 5. The van der Waals surface area contributed by atoms with Gasteiger partial charge >= 0.3 is 0 Å². The molecule has 0 aliphatic heterocycles. The van der Waals surface area contributed by atoms with Gasteiger partial charge in [-0.25, -0.2) is 15.0 Å². The van der Waals surface area contributed by atoms with E-state index < -0.39 is 0 Å². The van der Waals surface area contributed by atoms with Crippen molar-refractivity contribution < 1.29 is 9.59 Å². The number of carbonyl (C=O) groups excluding carboxylic acids is 2. The van der Waals surface area contributed by atoms with Crippen LogP contribution in [0.2, 0.25) is 0 Å². The summed E-state index contributed by atoms with van der Waals surface area (Å²) in [4.78, 5) is 40.7. The van der Waals surface area contributed by atoms with E-state index in [0.29, 0.717) is 41.4 Å². The molecule has 1 aliphatic rings. The number of aromatic nitrogens is 5. The molecule has 0 radical (unpaired) electrons. The van der Waals surface area contributed by atoms with Gasteiger partial charge in [0.1, 0.15) is 22.2 Å². The van der Waals surface area contributed by atoms with Gasteiger partial charge in [-0.1, -0.05) is 13.8 Å². The number of nitrogen functional groups attached to an aromatic ring is 1. The second-order valence-corrected chi connectivity index (χ2v) is 10.7. The van der Waals surface area contributed by atoms with E-state index in [1.807, 2.05) is 19.5 Å². The highest BCUT2D eigenvalue weighted by atomic mass is 32.1. The predicted octanol–water partition coefficient (Wildman–Crippen LogP) is 3.01. The van der Waals surface area contributed by atoms with Crippen molar-refractivity contribution in [2.24, 2.45) is 0 Å². The second kappa shape index (κ2) is 9.71. The molecule has 4 rings (SSSR count). The lowest BCUT2D eigenvalue weighted by Crippen LogP contribution is -2.28. The van der Waals surface area contributed by atoms with Crippen LogP contribution < -0.4 is 5.73 Å². The van der Waals surface area contributed by atoms with Crippen LogP contribution in [-0.2, 0) is 29.5 Å². The largest absolute Gasteiger partial charge is 0.368 e. The average Bonchev–Trinajstić information content (AvgIpc) is 3.39. The van der Waals surface area contributed by atoms with E-state index in [-0.39, 0.29) is 29.4 Å². The normalized spacial score (nSPS) is 14.1. The molecule has 0 bridgehead atoms. The van der Waals surface area contributed by atoms with Crippen LogP contribution in [0.3, 0.4) is 0 Å². The van der Waals surface area contributed by atoms with Gasteiger partial charge in [0.15, 0.2) is 5.78 Å². The number of H-pyrrole nitrogens is 1. The number of nitrogens with one attached hydrogen (secondary N) is 1. The molecule has 0 spiro atoms. The van der Waals surface area contributed by atoms with E-state index in [4.69, 9.17) is 5.73 Å². The number of thiazole rings is 1. The van der Waals surface area contributed by atoms with Gasteiger partial charge in [0.05, 0.1) is 17.8 Å². The van der Waals surface area contributed by atoms with Gasteiger partial charge in [0.2, 0.25) is 5.95 Å². The van der Waals surface area contributed by atoms with E-state index in [0.717, 1.165) is 36.2 Å². The van der Waals surface area contributed by atoms with Crippen LogP contribution in [0.15, 0.2) is 11.6 Å². The smallest absolute Gasteiger partial charge is 0.220 e. The van der Waals surface area contributed by atoms with Crippen molar-refractivity contribution in [1.82, 2.24) is 30.0 Å². The number of hydrogen-bond donors (Lipinski definition) is 2. The topological polar surface area (TPSA) is 131 Å². The fraction of sp³-hybridized carbons (Fsp3) is 0.500. The summed E-state index contributed by atoms with van der Waals surface area (Å²) in [6.07, 6.45) is 5.34. The highest BCUT2D eigenvalue weighted by Crippen LogP contribution is 2.42. The van der Waals surface area contributed by atoms with E-state index in [1.165, 1.54) is 11.3 Å². The van der Waals surface area contributed by atoms with Crippen LogP contribution in [0.4, 0.5) is 5.95 Å². The first kappa shape index (κ1) is 24.2. The number of unbranched alkanes of at least 4 members (excludes halogenated alkanes) is 1. The van der Waals surface area contributed by atoms with E-state index in [9.17, 15) is 9.59 Å². The molecule has 3 heterocycles. The molecular weight excluding hydrogens is 450 g/mol. The van der Waals surface area contributed by atoms with Crippen molar-refractivity contribution in [2.75, 3.05) is 26.4 Å². The zero-order chi connectivity index (χ0) is 24.5. The Kier molecular flexibility index (Phi) is 6.90. The highest BCUT2D eigenvalue weighted by molar-refractivity contribution is 7.09. The first-order valence-corrected chi connectivity index (χ1v) is 12.4. The van der Waals surface area contributed by atoms with E-state index >= 15 is 0 Å². The Bertz CT molecular complexity index is 1210. The highest BCUT2D eigenvalue weighted by Gasteiger charge is 2.38. The van der Waals surface area contributed by atoms with Gasteiger partial charge in [-0.05, 0) is 50.9 Å². The van der Waals surface area contributed by atoms with Crippen LogP contribution in [0.25, 0.3) is 11.4 Å². The molecule has 0 aromatic carbocycles. The van der Waals surface area contributed by atoms with Crippen LogP contribution in [0, 0.1) is 0 Å². The quantitative estimate of drug-likeness (QED) is 0.334. The lowest BCUT2D eigenvalue weighted by atomic mass is 9.73. The zero-order valence-electron chi connectivity index (χ0n) is 20.1. The Balaban J connectivity index is 1.44. The van der Waals surface area contributed by atoms with Crippen molar-refractivity contribution in [3.63, 3.8) is 0 Å². The summed E-state index contributed by atoms with van der Waals surface area (Å²) in [6, 6.07) is 0. The molecule has 0 atom stereocenters. The standard InChI is InChI=1S/C24H31N7O2S/c1-24(2)11-14-12-26-23(25)28-20(14)22-19(24)21(29-30-22)17(33)10-18-27-15(13-34-18)9-16(32)7-5-6-8-31(3)4/h12-13H,5-11H2,1-4H3,(H,29,30)(H2,25,26,28). The van der Waals surface area contributed by atoms with Gasteiger partial charge in [0.25, 0.3) is 0 Å². The van der Waals surface area contributed by atoms with Gasteiger partial charge in [-0.2, -0.15) is 5.10 Å². The molecule has 3 aromatic heterocycles. The summed E-state index contributed by atoms with van der Waals surface area (Å²) in [6.45, 7) is 5.16. The predicted molar refractivity (Wildman–Crippen MR) is 132 cm³/mol. The summed E-state index contributed by atoms with van der Waals surface area (Å²) in [7, 11) is 4.06. The van der Waals surface area contributed by atoms with Crippen molar-refractivity contribution in [3.8, 4) is 11.4 Å². The Hall–Kier alpha value is -2.98. The minimum Gasteiger partial charge on any atom is -0.368 e. The first-order chi connectivity index (χ1) is 16.1. The molecule has 3 N–H and O–H groups in total. The molecule has 0 amide bonds. The van der Waals surface area contributed by atoms with Crippen LogP contribution in [0.5, 0.6) is 0 Å². The fourth-order valence-electron chi connectivity index (χ4n) is 4.47. The first-order valence-electron chi connectivity index (χ1n) is 11.5. The zero-order valence-corrected chi connectivity index (χ0v) is 21.0. The molecular formula is C24H31N7O2S. The van der Waals surface area contributed by atoms with Gasteiger partial charge < -0.3 is 10.6 Å². The number of carbonyl (C=O) groups is 2. The van der Waals surface area contributed by atoms with Crippen LogP contribution >= 0.6 is 11.3 Å². The maximum absolute atomic E-state index is 13.2. The number of ketones is 2. The molecule has 0 saturated heterocycles. The van der Waals surface area contributed by atoms with Crippen molar-refractivity contribution in [2.45, 2.75) is 57.8 Å². The number of fused-ring (bicyclic) bond motifs is 3. The second-order valence-electron chi connectivity index (χ2n) is 9.79. The number of anilines is 1. The minimum atomic E-state index is -0.313. The molecule has 0 unspecified atom stereocenters. The molecule has 180 valence electrons. The number of nitrogens with two attached hydrogens (primary N) is 1. The summed E-state index contributed by atoms with van der Waals surface area (Å²) < 4.78 is 0. The summed E-state index contributed by atoms with van der Waals surface area (Å²) >= 11 is 1.41. The Morgan fingerprint density at radius 1 is 1.18 bits per heavy atom. The molecule has 34 heavy (non-hydrogen) atoms. The van der Waals surface area contributed by atoms with Crippen molar-refractivity contribution in [3.05, 3.63) is 39.1 Å². The third-order valence-electron chi connectivity index (χ3n) is 6.06. The van der Waals surface area contributed by atoms with Crippen LogP contribution in [0.1, 0.15) is 65.4 Å². The van der Waals surface area contributed by atoms with Crippen molar-refractivity contribution >= 4 is 28.9 Å². The number of hydrogen-bond acceptors (Lipinski definition) is 9. The van der Waals surface area contributed by atoms with Crippen LogP contribution in [-0.4, -0.2) is 62.3 Å². The number of Topliss-reactive ketones (excluding diaryl/α,β-unsaturated/α-hetero) is 2. The number of aromatic amines is 1. The maximum atomic E-state index is 13.2. The Labute approximate surface area is 203 Å². The molecule has 3 aromatic rings. The Morgan fingerprint density at radius 3 is 2.74 bits per heavy atom. The molecule has 0 saturated carbocycles. The fourth-order valence-corrected chi connectivity index (χ4v) is 5.26. The lowest BCUT2D eigenvalue weighted by molar-refractivity contribution is -0.118. The van der Waals surface area contributed by atoms with E-state index in [1.54, 1.807) is 6.20 Å².